The zero-order valence-corrected chi connectivity index (χ0v) is 14.7. The molecule has 0 atom stereocenters. The molecule has 0 saturated heterocycles. The van der Waals surface area contributed by atoms with E-state index in [0.717, 1.165) is 9.18 Å². The van der Waals surface area contributed by atoms with Crippen molar-refractivity contribution >= 4 is 33.0 Å². The number of amides is 1. The summed E-state index contributed by atoms with van der Waals surface area (Å²) in [5, 5.41) is 4.61. The van der Waals surface area contributed by atoms with E-state index in [-0.39, 0.29) is 23.0 Å². The highest BCUT2D eigenvalue weighted by molar-refractivity contribution is 7.89. The van der Waals surface area contributed by atoms with Crippen molar-refractivity contribution < 1.29 is 17.9 Å². The lowest BCUT2D eigenvalue weighted by molar-refractivity contribution is -0.115. The van der Waals surface area contributed by atoms with Gasteiger partial charge in [0.2, 0.25) is 15.9 Å². The second-order valence-electron chi connectivity index (χ2n) is 4.96. The van der Waals surface area contributed by atoms with Gasteiger partial charge in [0.05, 0.1) is 13.5 Å². The molecule has 1 aromatic heterocycles. The van der Waals surface area contributed by atoms with Gasteiger partial charge in [-0.1, -0.05) is 6.07 Å². The van der Waals surface area contributed by atoms with Crippen LogP contribution in [-0.2, 0) is 21.2 Å². The van der Waals surface area contributed by atoms with Crippen molar-refractivity contribution in [2.24, 2.45) is 0 Å². The van der Waals surface area contributed by atoms with Crippen molar-refractivity contribution in [3.05, 3.63) is 40.6 Å². The lowest BCUT2D eigenvalue weighted by Gasteiger charge is -2.15. The first kappa shape index (κ1) is 17.5. The number of nitrogens with zero attached hydrogens (tertiary/aromatic N) is 1. The highest BCUT2D eigenvalue weighted by Crippen LogP contribution is 2.29. The van der Waals surface area contributed by atoms with Gasteiger partial charge in [0.1, 0.15) is 10.6 Å². The molecule has 0 spiro atoms. The van der Waals surface area contributed by atoms with Crippen molar-refractivity contribution in [1.29, 1.82) is 0 Å². The smallest absolute Gasteiger partial charge is 0.246 e. The first-order chi connectivity index (χ1) is 10.8. The molecule has 0 aliphatic heterocycles. The number of carbonyl (C=O) groups is 1. The van der Waals surface area contributed by atoms with Gasteiger partial charge in [0, 0.05) is 24.7 Å². The van der Waals surface area contributed by atoms with Crippen molar-refractivity contribution in [3.63, 3.8) is 0 Å². The van der Waals surface area contributed by atoms with E-state index in [0.29, 0.717) is 5.69 Å². The van der Waals surface area contributed by atoms with Crippen LogP contribution in [0.4, 0.5) is 5.69 Å². The van der Waals surface area contributed by atoms with Gasteiger partial charge in [0.15, 0.2) is 0 Å². The summed E-state index contributed by atoms with van der Waals surface area (Å²) in [5.41, 5.74) is 0.410. The molecule has 2 rings (SSSR count). The van der Waals surface area contributed by atoms with Crippen molar-refractivity contribution in [2.45, 2.75) is 11.3 Å². The van der Waals surface area contributed by atoms with Crippen molar-refractivity contribution in [1.82, 2.24) is 4.31 Å². The molecule has 0 unspecified atom stereocenters. The van der Waals surface area contributed by atoms with Crippen LogP contribution in [0.3, 0.4) is 0 Å². The number of sulfonamides is 1. The lowest BCUT2D eigenvalue weighted by Crippen LogP contribution is -2.23. The fraction of sp³-hybridized carbons (Fsp3) is 0.267. The number of thiophene rings is 1. The minimum Gasteiger partial charge on any atom is -0.495 e. The molecule has 0 bridgehead atoms. The highest BCUT2D eigenvalue weighted by Gasteiger charge is 2.23. The van der Waals surface area contributed by atoms with E-state index in [1.54, 1.807) is 6.07 Å². The number of anilines is 1. The molecule has 1 amide bonds. The van der Waals surface area contributed by atoms with E-state index >= 15 is 0 Å². The Morgan fingerprint density at radius 3 is 2.61 bits per heavy atom. The van der Waals surface area contributed by atoms with E-state index in [9.17, 15) is 13.2 Å². The Balaban J connectivity index is 2.25. The fourth-order valence-corrected chi connectivity index (χ4v) is 3.71. The highest BCUT2D eigenvalue weighted by atomic mass is 32.2. The normalized spacial score (nSPS) is 11.5. The van der Waals surface area contributed by atoms with Gasteiger partial charge in [-0.15, -0.1) is 11.3 Å². The number of rotatable bonds is 6. The molecule has 6 nitrogen and oxygen atoms in total. The van der Waals surface area contributed by atoms with Crippen LogP contribution < -0.4 is 10.1 Å². The molecule has 1 heterocycles. The number of hydrogen-bond donors (Lipinski definition) is 1. The number of methoxy groups -OCH3 is 1. The summed E-state index contributed by atoms with van der Waals surface area (Å²) in [6, 6.07) is 8.29. The van der Waals surface area contributed by atoms with Crippen LogP contribution in [0.25, 0.3) is 0 Å². The third kappa shape index (κ3) is 4.10. The molecule has 0 radical (unpaired) electrons. The Morgan fingerprint density at radius 1 is 1.30 bits per heavy atom. The van der Waals surface area contributed by atoms with Crippen LogP contribution in [0.5, 0.6) is 5.75 Å². The predicted octanol–water partition coefficient (Wildman–Crippen LogP) is 2.19. The van der Waals surface area contributed by atoms with Gasteiger partial charge in [-0.3, -0.25) is 4.79 Å². The van der Waals surface area contributed by atoms with Crippen LogP contribution in [0.1, 0.15) is 4.88 Å². The van der Waals surface area contributed by atoms with E-state index < -0.39 is 10.0 Å². The molecule has 0 aliphatic rings. The van der Waals surface area contributed by atoms with Crippen LogP contribution >= 0.6 is 11.3 Å². The molecule has 8 heteroatoms. The average molecular weight is 354 g/mol. The van der Waals surface area contributed by atoms with Crippen LogP contribution in [0.15, 0.2) is 40.6 Å². The zero-order chi connectivity index (χ0) is 17.0. The average Bonchev–Trinajstić information content (AvgIpc) is 2.99. The number of ether oxygens (including phenoxy) is 1. The molecule has 23 heavy (non-hydrogen) atoms. The maximum absolute atomic E-state index is 12.3. The van der Waals surface area contributed by atoms with Gasteiger partial charge in [0.25, 0.3) is 0 Å². The van der Waals surface area contributed by atoms with Gasteiger partial charge >= 0.3 is 0 Å². The Labute approximate surface area is 139 Å². The van der Waals surface area contributed by atoms with Crippen LogP contribution in [0, 0.1) is 0 Å². The molecule has 1 aromatic carbocycles. The standard InChI is InChI=1S/C15H18N2O4S2/c1-17(2)23(19,20)14-9-11(6-7-13(14)21-3)16-15(18)10-12-5-4-8-22-12/h4-9H,10H2,1-3H3,(H,16,18). The number of nitrogens with one attached hydrogen (secondary N) is 1. The van der Waals surface area contributed by atoms with Gasteiger partial charge in [-0.25, -0.2) is 12.7 Å². The Bertz CT molecular complexity index is 784. The zero-order valence-electron chi connectivity index (χ0n) is 13.1. The van der Waals surface area contributed by atoms with Crippen LogP contribution in [-0.4, -0.2) is 39.8 Å². The third-order valence-electron chi connectivity index (χ3n) is 3.12. The summed E-state index contributed by atoms with van der Waals surface area (Å²) in [7, 11) is 0.616. The Kier molecular flexibility index (Phi) is 5.40. The molecule has 0 aliphatic carbocycles. The summed E-state index contributed by atoms with van der Waals surface area (Å²) in [5.74, 6) is 0.0285. The monoisotopic (exact) mass is 354 g/mol. The van der Waals surface area contributed by atoms with Gasteiger partial charge in [-0.2, -0.15) is 0 Å². The summed E-state index contributed by atoms with van der Waals surface area (Å²) in [6.07, 6.45) is 0.249. The second-order valence-corrected chi connectivity index (χ2v) is 8.11. The van der Waals surface area contributed by atoms with Gasteiger partial charge < -0.3 is 10.1 Å². The quantitative estimate of drug-likeness (QED) is 0.863. The summed E-state index contributed by atoms with van der Waals surface area (Å²) in [6.45, 7) is 0. The van der Waals surface area contributed by atoms with Gasteiger partial charge in [-0.05, 0) is 29.6 Å². The van der Waals surface area contributed by atoms with Crippen molar-refractivity contribution in [3.8, 4) is 5.75 Å². The maximum Gasteiger partial charge on any atom is 0.246 e. The van der Waals surface area contributed by atoms with E-state index in [2.05, 4.69) is 5.32 Å². The lowest BCUT2D eigenvalue weighted by atomic mass is 10.2. The number of carbonyl (C=O) groups excluding carboxylic acids is 1. The van der Waals surface area contributed by atoms with Crippen molar-refractivity contribution in [2.75, 3.05) is 26.5 Å². The van der Waals surface area contributed by atoms with E-state index in [4.69, 9.17) is 4.74 Å². The molecule has 1 N–H and O–H groups in total. The predicted molar refractivity (Wildman–Crippen MR) is 90.5 cm³/mol. The topological polar surface area (TPSA) is 75.7 Å². The first-order valence-electron chi connectivity index (χ1n) is 6.77. The third-order valence-corrected chi connectivity index (χ3v) is 5.83. The summed E-state index contributed by atoms with van der Waals surface area (Å²) < 4.78 is 30.9. The van der Waals surface area contributed by atoms with E-state index in [1.807, 2.05) is 17.5 Å². The van der Waals surface area contributed by atoms with E-state index in [1.165, 1.54) is 44.7 Å². The molecule has 2 aromatic rings. The largest absolute Gasteiger partial charge is 0.495 e. The molecule has 124 valence electrons. The number of hydrogen-bond acceptors (Lipinski definition) is 5. The Morgan fingerprint density at radius 2 is 2.04 bits per heavy atom. The minimum absolute atomic E-state index is 0.0129. The second kappa shape index (κ2) is 7.12. The number of benzene rings is 1. The molecule has 0 saturated carbocycles. The fourth-order valence-electron chi connectivity index (χ4n) is 1.93. The molecule has 0 fully saturated rings. The first-order valence-corrected chi connectivity index (χ1v) is 9.09. The van der Waals surface area contributed by atoms with Crippen LogP contribution in [0.2, 0.25) is 0 Å². The maximum atomic E-state index is 12.3. The SMILES string of the molecule is COc1ccc(NC(=O)Cc2cccs2)cc1S(=O)(=O)N(C)C. The summed E-state index contributed by atoms with van der Waals surface area (Å²) in [4.78, 5) is 13.0. The molecular formula is C15H18N2O4S2. The summed E-state index contributed by atoms with van der Waals surface area (Å²) >= 11 is 1.50. The molecular weight excluding hydrogens is 336 g/mol. The minimum atomic E-state index is -3.67. The Hall–Kier alpha value is -1.90.